The molecule has 2 unspecified atom stereocenters. The summed E-state index contributed by atoms with van der Waals surface area (Å²) in [6, 6.07) is 0.228. The van der Waals surface area contributed by atoms with Crippen molar-refractivity contribution >= 4 is 5.97 Å². The SMILES string of the molecule is CC(NCC(C)(C)C(=O)O)C1CCCO1. The normalized spacial score (nSPS) is 24.1. The molecule has 0 amide bonds. The van der Waals surface area contributed by atoms with Crippen LogP contribution in [0.2, 0.25) is 0 Å². The quantitative estimate of drug-likeness (QED) is 0.724. The zero-order chi connectivity index (χ0) is 11.5. The van der Waals surface area contributed by atoms with E-state index in [4.69, 9.17) is 9.84 Å². The fourth-order valence-corrected chi connectivity index (χ4v) is 1.62. The fraction of sp³-hybridized carbons (Fsp3) is 0.909. The standard InChI is InChI=1S/C11H21NO3/c1-8(9-5-4-6-15-9)12-7-11(2,3)10(13)14/h8-9,12H,4-7H2,1-3H3,(H,13,14). The number of nitrogens with one attached hydrogen (secondary N) is 1. The van der Waals surface area contributed by atoms with Crippen LogP contribution < -0.4 is 5.32 Å². The molecule has 0 spiro atoms. The van der Waals surface area contributed by atoms with Crippen molar-refractivity contribution in [2.24, 2.45) is 5.41 Å². The Bertz CT molecular complexity index is 222. The number of hydrogen-bond acceptors (Lipinski definition) is 3. The highest BCUT2D eigenvalue weighted by Crippen LogP contribution is 2.18. The minimum absolute atomic E-state index is 0.228. The Morgan fingerprint density at radius 3 is 2.80 bits per heavy atom. The van der Waals surface area contributed by atoms with Crippen molar-refractivity contribution < 1.29 is 14.6 Å². The van der Waals surface area contributed by atoms with Gasteiger partial charge in [-0.2, -0.15) is 0 Å². The Labute approximate surface area is 91.0 Å². The van der Waals surface area contributed by atoms with Crippen LogP contribution in [0.1, 0.15) is 33.6 Å². The lowest BCUT2D eigenvalue weighted by atomic mass is 9.93. The Morgan fingerprint density at radius 2 is 2.33 bits per heavy atom. The first-order chi connectivity index (χ1) is 6.93. The molecule has 1 aliphatic rings. The Hall–Kier alpha value is -0.610. The van der Waals surface area contributed by atoms with Gasteiger partial charge in [-0.3, -0.25) is 4.79 Å². The molecule has 0 saturated carbocycles. The molecule has 88 valence electrons. The van der Waals surface area contributed by atoms with Crippen LogP contribution >= 0.6 is 0 Å². The zero-order valence-corrected chi connectivity index (χ0v) is 9.75. The first-order valence-electron chi connectivity index (χ1n) is 5.52. The van der Waals surface area contributed by atoms with Crippen molar-refractivity contribution in [2.75, 3.05) is 13.2 Å². The van der Waals surface area contributed by atoms with Gasteiger partial charge in [-0.05, 0) is 33.6 Å². The predicted octanol–water partition coefficient (Wildman–Crippen LogP) is 1.25. The molecule has 4 heteroatoms. The molecule has 0 radical (unpaired) electrons. The maximum atomic E-state index is 10.9. The average Bonchev–Trinajstić information content (AvgIpc) is 2.66. The molecule has 1 heterocycles. The summed E-state index contributed by atoms with van der Waals surface area (Å²) in [5.74, 6) is -0.769. The molecule has 1 rings (SSSR count). The Balaban J connectivity index is 2.32. The summed E-state index contributed by atoms with van der Waals surface area (Å²) in [7, 11) is 0. The van der Waals surface area contributed by atoms with E-state index >= 15 is 0 Å². The van der Waals surface area contributed by atoms with E-state index in [2.05, 4.69) is 5.32 Å². The van der Waals surface area contributed by atoms with E-state index in [0.717, 1.165) is 19.4 Å². The molecule has 0 aromatic carbocycles. The third kappa shape index (κ3) is 3.47. The van der Waals surface area contributed by atoms with Crippen LogP contribution in [0.5, 0.6) is 0 Å². The molecular formula is C11H21NO3. The van der Waals surface area contributed by atoms with Gasteiger partial charge in [0.15, 0.2) is 0 Å². The highest BCUT2D eigenvalue weighted by Gasteiger charge is 2.29. The van der Waals surface area contributed by atoms with Crippen LogP contribution in [0.15, 0.2) is 0 Å². The second-order valence-corrected chi connectivity index (χ2v) is 4.91. The number of hydrogen-bond donors (Lipinski definition) is 2. The average molecular weight is 215 g/mol. The molecule has 1 fully saturated rings. The van der Waals surface area contributed by atoms with Gasteiger partial charge < -0.3 is 15.2 Å². The summed E-state index contributed by atoms with van der Waals surface area (Å²) in [5, 5.41) is 12.2. The largest absolute Gasteiger partial charge is 0.481 e. The number of ether oxygens (including phenoxy) is 1. The molecule has 1 aliphatic heterocycles. The van der Waals surface area contributed by atoms with Crippen molar-refractivity contribution in [1.82, 2.24) is 5.32 Å². The van der Waals surface area contributed by atoms with Crippen molar-refractivity contribution in [3.8, 4) is 0 Å². The summed E-state index contributed by atoms with van der Waals surface area (Å²) in [6.07, 6.45) is 2.43. The summed E-state index contributed by atoms with van der Waals surface area (Å²) in [6.45, 7) is 6.81. The summed E-state index contributed by atoms with van der Waals surface area (Å²) in [5.41, 5.74) is -0.715. The van der Waals surface area contributed by atoms with Crippen LogP contribution in [-0.4, -0.2) is 36.4 Å². The number of aliphatic carboxylic acids is 1. The third-order valence-electron chi connectivity index (χ3n) is 2.97. The van der Waals surface area contributed by atoms with E-state index in [0.29, 0.717) is 6.54 Å². The van der Waals surface area contributed by atoms with Crippen LogP contribution in [0.25, 0.3) is 0 Å². The van der Waals surface area contributed by atoms with Gasteiger partial charge in [0.1, 0.15) is 0 Å². The van der Waals surface area contributed by atoms with Crippen LogP contribution in [0.4, 0.5) is 0 Å². The van der Waals surface area contributed by atoms with Crippen molar-refractivity contribution in [2.45, 2.75) is 45.8 Å². The molecule has 0 bridgehead atoms. The minimum Gasteiger partial charge on any atom is -0.481 e. The lowest BCUT2D eigenvalue weighted by Gasteiger charge is -2.25. The van der Waals surface area contributed by atoms with E-state index in [-0.39, 0.29) is 12.1 Å². The van der Waals surface area contributed by atoms with Crippen LogP contribution in [-0.2, 0) is 9.53 Å². The lowest BCUT2D eigenvalue weighted by Crippen LogP contribution is -2.44. The van der Waals surface area contributed by atoms with Gasteiger partial charge in [-0.1, -0.05) is 0 Å². The number of carbonyl (C=O) groups is 1. The van der Waals surface area contributed by atoms with Gasteiger partial charge in [0.2, 0.25) is 0 Å². The fourth-order valence-electron chi connectivity index (χ4n) is 1.62. The van der Waals surface area contributed by atoms with Gasteiger partial charge in [0, 0.05) is 19.2 Å². The van der Waals surface area contributed by atoms with Crippen molar-refractivity contribution in [1.29, 1.82) is 0 Å². The number of carboxylic acid groups (broad SMARTS) is 1. The van der Waals surface area contributed by atoms with Gasteiger partial charge >= 0.3 is 5.97 Å². The maximum absolute atomic E-state index is 10.9. The molecule has 15 heavy (non-hydrogen) atoms. The first kappa shape index (κ1) is 12.5. The van der Waals surface area contributed by atoms with E-state index in [9.17, 15) is 4.79 Å². The monoisotopic (exact) mass is 215 g/mol. The molecule has 4 nitrogen and oxygen atoms in total. The molecule has 2 atom stereocenters. The maximum Gasteiger partial charge on any atom is 0.310 e. The molecule has 1 saturated heterocycles. The first-order valence-corrected chi connectivity index (χ1v) is 5.52. The molecule has 0 aromatic rings. The van der Waals surface area contributed by atoms with E-state index in [1.807, 2.05) is 6.92 Å². The summed E-state index contributed by atoms with van der Waals surface area (Å²) < 4.78 is 5.53. The van der Waals surface area contributed by atoms with E-state index < -0.39 is 11.4 Å². The topological polar surface area (TPSA) is 58.6 Å². The summed E-state index contributed by atoms with van der Waals surface area (Å²) in [4.78, 5) is 10.9. The highest BCUT2D eigenvalue weighted by molar-refractivity contribution is 5.73. The smallest absolute Gasteiger partial charge is 0.310 e. The van der Waals surface area contributed by atoms with Crippen molar-refractivity contribution in [3.05, 3.63) is 0 Å². The predicted molar refractivity (Wildman–Crippen MR) is 57.9 cm³/mol. The second-order valence-electron chi connectivity index (χ2n) is 4.91. The summed E-state index contributed by atoms with van der Waals surface area (Å²) >= 11 is 0. The van der Waals surface area contributed by atoms with Crippen molar-refractivity contribution in [3.63, 3.8) is 0 Å². The Kier molecular flexibility index (Phi) is 4.11. The number of rotatable bonds is 5. The minimum atomic E-state index is -0.769. The second kappa shape index (κ2) is 4.94. The number of carboxylic acids is 1. The van der Waals surface area contributed by atoms with Gasteiger partial charge in [0.25, 0.3) is 0 Å². The van der Waals surface area contributed by atoms with Crippen LogP contribution in [0, 0.1) is 5.41 Å². The van der Waals surface area contributed by atoms with E-state index in [1.54, 1.807) is 13.8 Å². The molecular weight excluding hydrogens is 194 g/mol. The van der Waals surface area contributed by atoms with Crippen LogP contribution in [0.3, 0.4) is 0 Å². The lowest BCUT2D eigenvalue weighted by molar-refractivity contribution is -0.146. The van der Waals surface area contributed by atoms with Gasteiger partial charge in [-0.25, -0.2) is 0 Å². The molecule has 2 N–H and O–H groups in total. The third-order valence-corrected chi connectivity index (χ3v) is 2.97. The van der Waals surface area contributed by atoms with Gasteiger partial charge in [0.05, 0.1) is 11.5 Å². The molecule has 0 aliphatic carbocycles. The highest BCUT2D eigenvalue weighted by atomic mass is 16.5. The molecule has 0 aromatic heterocycles. The van der Waals surface area contributed by atoms with E-state index in [1.165, 1.54) is 0 Å². The van der Waals surface area contributed by atoms with Gasteiger partial charge in [-0.15, -0.1) is 0 Å². The Morgan fingerprint density at radius 1 is 1.67 bits per heavy atom. The zero-order valence-electron chi connectivity index (χ0n) is 9.75.